The summed E-state index contributed by atoms with van der Waals surface area (Å²) in [4.78, 5) is 4.11. The third-order valence-electron chi connectivity index (χ3n) is 4.23. The Hall–Kier alpha value is -1.40. The molecule has 0 aromatic carbocycles. The second kappa shape index (κ2) is 6.68. The molecule has 0 saturated heterocycles. The van der Waals surface area contributed by atoms with E-state index in [-0.39, 0.29) is 0 Å². The fraction of sp³-hybridized carbons (Fsp3) is 0.625. The minimum absolute atomic E-state index is 0.548. The van der Waals surface area contributed by atoms with Crippen molar-refractivity contribution < 1.29 is 0 Å². The lowest BCUT2D eigenvalue weighted by molar-refractivity contribution is 0.204. The molecule has 0 bridgehead atoms. The van der Waals surface area contributed by atoms with Crippen molar-refractivity contribution in [1.29, 1.82) is 5.26 Å². The van der Waals surface area contributed by atoms with Gasteiger partial charge in [-0.2, -0.15) is 5.26 Å². The van der Waals surface area contributed by atoms with E-state index in [9.17, 15) is 0 Å². The maximum Gasteiger partial charge on any atom is 0.144 e. The summed E-state index contributed by atoms with van der Waals surface area (Å²) in [5, 5.41) is 12.7. The summed E-state index contributed by atoms with van der Waals surface area (Å²) in [5.74, 6) is 1.48. The standard InChI is InChI=1S/C16H23N3/c1-12(2)14-7-3-4-8-15(14)19-11-13-6-5-9-18-16(13)10-17/h5-6,9,12,14-15,19H,3-4,7-8,11H2,1-2H3. The summed E-state index contributed by atoms with van der Waals surface area (Å²) in [6.07, 6.45) is 6.94. The van der Waals surface area contributed by atoms with Crippen LogP contribution < -0.4 is 5.32 Å². The van der Waals surface area contributed by atoms with Gasteiger partial charge in [-0.15, -0.1) is 0 Å². The zero-order valence-electron chi connectivity index (χ0n) is 11.9. The van der Waals surface area contributed by atoms with Crippen molar-refractivity contribution in [3.05, 3.63) is 29.6 Å². The second-order valence-electron chi connectivity index (χ2n) is 5.80. The Labute approximate surface area is 116 Å². The van der Waals surface area contributed by atoms with E-state index in [1.165, 1.54) is 25.7 Å². The number of rotatable bonds is 4. The Kier molecular flexibility index (Phi) is 4.93. The van der Waals surface area contributed by atoms with Gasteiger partial charge >= 0.3 is 0 Å². The fourth-order valence-electron chi connectivity index (χ4n) is 3.13. The highest BCUT2D eigenvalue weighted by Crippen LogP contribution is 2.30. The van der Waals surface area contributed by atoms with Gasteiger partial charge in [0.15, 0.2) is 0 Å². The average molecular weight is 257 g/mol. The lowest BCUT2D eigenvalue weighted by Crippen LogP contribution is -2.40. The van der Waals surface area contributed by atoms with Crippen LogP contribution in [0.4, 0.5) is 0 Å². The van der Waals surface area contributed by atoms with Crippen molar-refractivity contribution >= 4 is 0 Å². The van der Waals surface area contributed by atoms with Crippen LogP contribution in [0.5, 0.6) is 0 Å². The molecule has 1 aromatic heterocycles. The van der Waals surface area contributed by atoms with Crippen LogP contribution in [0.3, 0.4) is 0 Å². The molecule has 1 N–H and O–H groups in total. The maximum atomic E-state index is 9.06. The number of aromatic nitrogens is 1. The molecule has 3 heteroatoms. The molecule has 1 fully saturated rings. The summed E-state index contributed by atoms with van der Waals surface area (Å²) in [6.45, 7) is 5.38. The Morgan fingerprint density at radius 2 is 2.21 bits per heavy atom. The van der Waals surface area contributed by atoms with E-state index in [2.05, 4.69) is 30.2 Å². The lowest BCUT2D eigenvalue weighted by atomic mass is 9.78. The van der Waals surface area contributed by atoms with E-state index >= 15 is 0 Å². The van der Waals surface area contributed by atoms with Crippen LogP contribution in [0, 0.1) is 23.2 Å². The highest BCUT2D eigenvalue weighted by atomic mass is 14.9. The van der Waals surface area contributed by atoms with Gasteiger partial charge in [0.1, 0.15) is 11.8 Å². The average Bonchev–Trinajstić information content (AvgIpc) is 2.45. The molecule has 102 valence electrons. The van der Waals surface area contributed by atoms with Crippen LogP contribution in [-0.2, 0) is 6.54 Å². The quantitative estimate of drug-likeness (QED) is 0.900. The summed E-state index contributed by atoms with van der Waals surface area (Å²) in [7, 11) is 0. The van der Waals surface area contributed by atoms with E-state index in [1.807, 2.05) is 12.1 Å². The van der Waals surface area contributed by atoms with E-state index in [1.54, 1.807) is 6.20 Å². The van der Waals surface area contributed by atoms with E-state index in [4.69, 9.17) is 5.26 Å². The minimum atomic E-state index is 0.548. The first-order valence-electron chi connectivity index (χ1n) is 7.29. The third kappa shape index (κ3) is 3.54. The van der Waals surface area contributed by atoms with Crippen LogP contribution in [0.1, 0.15) is 50.8 Å². The van der Waals surface area contributed by atoms with Crippen LogP contribution in [0.15, 0.2) is 18.3 Å². The molecule has 1 aliphatic rings. The number of nitrogens with zero attached hydrogens (tertiary/aromatic N) is 2. The van der Waals surface area contributed by atoms with Crippen molar-refractivity contribution in [2.45, 2.75) is 52.1 Å². The molecule has 2 rings (SSSR count). The molecule has 1 aromatic rings. The molecule has 0 amide bonds. The van der Waals surface area contributed by atoms with E-state index < -0.39 is 0 Å². The molecule has 0 spiro atoms. The van der Waals surface area contributed by atoms with Gasteiger partial charge in [0.25, 0.3) is 0 Å². The monoisotopic (exact) mass is 257 g/mol. The van der Waals surface area contributed by atoms with Gasteiger partial charge in [0.2, 0.25) is 0 Å². The molecule has 1 aliphatic carbocycles. The Balaban J connectivity index is 1.99. The van der Waals surface area contributed by atoms with Crippen LogP contribution in [-0.4, -0.2) is 11.0 Å². The number of hydrogen-bond donors (Lipinski definition) is 1. The predicted octanol–water partition coefficient (Wildman–Crippen LogP) is 3.26. The largest absolute Gasteiger partial charge is 0.310 e. The van der Waals surface area contributed by atoms with Gasteiger partial charge in [0.05, 0.1) is 0 Å². The molecule has 3 nitrogen and oxygen atoms in total. The zero-order valence-corrected chi connectivity index (χ0v) is 11.9. The van der Waals surface area contributed by atoms with E-state index in [0.717, 1.165) is 23.9 Å². The van der Waals surface area contributed by atoms with Gasteiger partial charge in [-0.25, -0.2) is 4.98 Å². The summed E-state index contributed by atoms with van der Waals surface area (Å²) < 4.78 is 0. The molecular weight excluding hydrogens is 234 g/mol. The van der Waals surface area contributed by atoms with Crippen molar-refractivity contribution in [3.8, 4) is 6.07 Å². The molecule has 2 unspecified atom stereocenters. The van der Waals surface area contributed by atoms with Gasteiger partial charge in [-0.1, -0.05) is 32.8 Å². The molecule has 0 radical (unpaired) electrons. The molecule has 19 heavy (non-hydrogen) atoms. The SMILES string of the molecule is CC(C)C1CCCCC1NCc1cccnc1C#N. The van der Waals surface area contributed by atoms with Crippen LogP contribution >= 0.6 is 0 Å². The second-order valence-corrected chi connectivity index (χ2v) is 5.80. The van der Waals surface area contributed by atoms with Gasteiger partial charge < -0.3 is 5.32 Å². The summed E-state index contributed by atoms with van der Waals surface area (Å²) in [6, 6.07) is 6.64. The van der Waals surface area contributed by atoms with Crippen molar-refractivity contribution in [1.82, 2.24) is 10.3 Å². The molecule has 2 atom stereocenters. The number of pyridine rings is 1. The highest BCUT2D eigenvalue weighted by molar-refractivity contribution is 5.30. The predicted molar refractivity (Wildman–Crippen MR) is 76.4 cm³/mol. The zero-order chi connectivity index (χ0) is 13.7. The van der Waals surface area contributed by atoms with Gasteiger partial charge in [0, 0.05) is 24.3 Å². The number of nitrogens with one attached hydrogen (secondary N) is 1. The summed E-state index contributed by atoms with van der Waals surface area (Å²) >= 11 is 0. The topological polar surface area (TPSA) is 48.7 Å². The van der Waals surface area contributed by atoms with Crippen LogP contribution in [0.2, 0.25) is 0 Å². The Morgan fingerprint density at radius 1 is 1.42 bits per heavy atom. The van der Waals surface area contributed by atoms with Gasteiger partial charge in [-0.05, 0) is 30.7 Å². The normalized spacial score (nSPS) is 23.3. The molecular formula is C16H23N3. The number of nitriles is 1. The highest BCUT2D eigenvalue weighted by Gasteiger charge is 2.27. The van der Waals surface area contributed by atoms with Crippen molar-refractivity contribution in [2.75, 3.05) is 0 Å². The first kappa shape index (κ1) is 14.0. The smallest absolute Gasteiger partial charge is 0.144 e. The first-order chi connectivity index (χ1) is 9.22. The summed E-state index contributed by atoms with van der Waals surface area (Å²) in [5.41, 5.74) is 1.56. The first-order valence-corrected chi connectivity index (χ1v) is 7.29. The third-order valence-corrected chi connectivity index (χ3v) is 4.23. The van der Waals surface area contributed by atoms with Crippen molar-refractivity contribution in [3.63, 3.8) is 0 Å². The molecule has 1 heterocycles. The lowest BCUT2D eigenvalue weighted by Gasteiger charge is -2.35. The Morgan fingerprint density at radius 3 is 2.95 bits per heavy atom. The van der Waals surface area contributed by atoms with E-state index in [0.29, 0.717) is 11.7 Å². The van der Waals surface area contributed by atoms with Crippen LogP contribution in [0.25, 0.3) is 0 Å². The van der Waals surface area contributed by atoms with Crippen molar-refractivity contribution in [2.24, 2.45) is 11.8 Å². The number of hydrogen-bond acceptors (Lipinski definition) is 3. The molecule has 0 aliphatic heterocycles. The fourth-order valence-corrected chi connectivity index (χ4v) is 3.13. The molecule has 1 saturated carbocycles. The minimum Gasteiger partial charge on any atom is -0.310 e. The van der Waals surface area contributed by atoms with Gasteiger partial charge in [-0.3, -0.25) is 0 Å². The maximum absolute atomic E-state index is 9.06. The Bertz CT molecular complexity index is 448.